The molecular formula is C57H104N2O6P+. The highest BCUT2D eigenvalue weighted by atomic mass is 31.2. The van der Waals surface area contributed by atoms with E-state index in [1.165, 1.54) is 148 Å². The molecule has 0 aliphatic carbocycles. The molecule has 3 N–H and O–H groups in total. The molecule has 0 bridgehead atoms. The maximum absolute atomic E-state index is 12.8. The summed E-state index contributed by atoms with van der Waals surface area (Å²) in [7, 11) is 1.49. The van der Waals surface area contributed by atoms with Crippen molar-refractivity contribution in [1.82, 2.24) is 5.32 Å². The van der Waals surface area contributed by atoms with Crippen LogP contribution in [0.15, 0.2) is 85.1 Å². The second kappa shape index (κ2) is 47.7. The quantitative estimate of drug-likeness (QED) is 0.0243. The highest BCUT2D eigenvalue weighted by Gasteiger charge is 2.27. The molecule has 8 nitrogen and oxygen atoms in total. The summed E-state index contributed by atoms with van der Waals surface area (Å²) in [6.45, 7) is 4.61. The molecule has 382 valence electrons. The molecule has 0 saturated carbocycles. The minimum atomic E-state index is -4.38. The second-order valence-corrected chi connectivity index (χ2v) is 20.7. The van der Waals surface area contributed by atoms with E-state index < -0.39 is 20.0 Å². The number of phosphoric ester groups is 1. The molecule has 0 rings (SSSR count). The molecule has 0 aromatic carbocycles. The van der Waals surface area contributed by atoms with E-state index in [9.17, 15) is 19.4 Å². The molecular weight excluding hydrogens is 840 g/mol. The first-order chi connectivity index (χ1) is 32.0. The van der Waals surface area contributed by atoms with Crippen molar-refractivity contribution in [3.8, 4) is 0 Å². The highest BCUT2D eigenvalue weighted by molar-refractivity contribution is 7.47. The van der Waals surface area contributed by atoms with Crippen molar-refractivity contribution in [1.29, 1.82) is 0 Å². The number of aliphatic hydroxyl groups is 1. The van der Waals surface area contributed by atoms with Crippen LogP contribution in [-0.4, -0.2) is 73.4 Å². The number of nitrogens with one attached hydrogen (secondary N) is 1. The van der Waals surface area contributed by atoms with E-state index in [-0.39, 0.29) is 25.5 Å². The number of unbranched alkanes of at least 4 members (excludes halogenated alkanes) is 24. The van der Waals surface area contributed by atoms with Crippen LogP contribution < -0.4 is 5.32 Å². The van der Waals surface area contributed by atoms with Gasteiger partial charge in [0.15, 0.2) is 0 Å². The van der Waals surface area contributed by atoms with E-state index in [4.69, 9.17) is 9.05 Å². The number of allylic oxidation sites excluding steroid dienone is 12. The number of aliphatic hydroxyl groups excluding tert-OH is 1. The van der Waals surface area contributed by atoms with Crippen molar-refractivity contribution in [2.75, 3.05) is 40.9 Å². The number of phosphoric acid groups is 1. The third-order valence-corrected chi connectivity index (χ3v) is 12.6. The molecule has 0 fully saturated rings. The first-order valence-electron chi connectivity index (χ1n) is 27.0. The van der Waals surface area contributed by atoms with Gasteiger partial charge in [-0.2, -0.15) is 0 Å². The average Bonchev–Trinajstić information content (AvgIpc) is 3.28. The fraction of sp³-hybridized carbons (Fsp3) is 0.737. The summed E-state index contributed by atoms with van der Waals surface area (Å²) in [6, 6.07) is -0.923. The topological polar surface area (TPSA) is 105 Å². The van der Waals surface area contributed by atoms with Crippen molar-refractivity contribution >= 4 is 13.7 Å². The summed E-state index contributed by atoms with van der Waals surface area (Å²) < 4.78 is 23.6. The number of carbonyl (C=O) groups excluding carboxylic acids is 1. The molecule has 0 heterocycles. The summed E-state index contributed by atoms with van der Waals surface area (Å²) in [5.74, 6) is -0.315. The highest BCUT2D eigenvalue weighted by Crippen LogP contribution is 2.43. The third kappa shape index (κ3) is 49.6. The van der Waals surface area contributed by atoms with Gasteiger partial charge in [0.1, 0.15) is 13.2 Å². The predicted molar refractivity (Wildman–Crippen MR) is 286 cm³/mol. The van der Waals surface area contributed by atoms with Gasteiger partial charge in [-0.1, -0.05) is 240 Å². The Morgan fingerprint density at radius 2 is 0.924 bits per heavy atom. The third-order valence-electron chi connectivity index (χ3n) is 11.6. The Morgan fingerprint density at radius 3 is 1.36 bits per heavy atom. The fourth-order valence-electron chi connectivity index (χ4n) is 7.42. The molecule has 0 aliphatic heterocycles. The fourth-order valence-corrected chi connectivity index (χ4v) is 8.16. The zero-order valence-electron chi connectivity index (χ0n) is 43.4. The van der Waals surface area contributed by atoms with Crippen LogP contribution in [0.4, 0.5) is 0 Å². The summed E-state index contributed by atoms with van der Waals surface area (Å²) in [5.41, 5.74) is 0. The van der Waals surface area contributed by atoms with Crippen LogP contribution in [0.25, 0.3) is 0 Å². The smallest absolute Gasteiger partial charge is 0.387 e. The van der Waals surface area contributed by atoms with Gasteiger partial charge in [-0.05, 0) is 57.8 Å². The molecule has 0 spiro atoms. The van der Waals surface area contributed by atoms with E-state index in [0.717, 1.165) is 44.9 Å². The van der Waals surface area contributed by atoms with Gasteiger partial charge >= 0.3 is 7.82 Å². The zero-order valence-corrected chi connectivity index (χ0v) is 44.3. The lowest BCUT2D eigenvalue weighted by molar-refractivity contribution is -0.870. The van der Waals surface area contributed by atoms with Crippen LogP contribution in [0, 0.1) is 0 Å². The SMILES string of the molecule is CC/C=C\C/C=C\C/C=C\C/C=C\C/C=C\CC(=O)NC(COP(=O)(O)OCC[N+](C)(C)C)C(O)/C=C/CC/C=C/CCCCCCCCCCCCCCCCCCCCCCCCC. The standard InChI is InChI=1S/C57H103N2O6P/c1-6-8-10-12-14-16-18-20-22-23-24-25-26-27-28-29-30-31-32-33-34-35-37-38-40-42-44-46-48-50-56(60)55(54-65-66(62,63)64-53-52-59(3,4)5)58-57(61)51-49-47-45-43-41-39-36-21-19-17-15-13-11-9-7-2/h9,11,15,17,21,36,40-43,47-50,55-56,60H,6-8,10,12-14,16,18-20,22-35,37-39,44-46,51-54H2,1-5H3,(H-,58,61,62,63)/p+1/b11-9-,17-15-,36-21-,42-40+,43-41-,49-47-,50-48+. The lowest BCUT2D eigenvalue weighted by atomic mass is 10.0. The Kier molecular flexibility index (Phi) is 46.1. The Hall–Kier alpha value is -2.32. The second-order valence-electron chi connectivity index (χ2n) is 19.2. The number of nitrogens with zero attached hydrogens (tertiary/aromatic N) is 1. The van der Waals surface area contributed by atoms with Crippen molar-refractivity contribution in [2.24, 2.45) is 0 Å². The first-order valence-corrected chi connectivity index (χ1v) is 28.5. The number of hydrogen-bond acceptors (Lipinski definition) is 5. The van der Waals surface area contributed by atoms with Crippen molar-refractivity contribution in [2.45, 2.75) is 231 Å². The number of hydrogen-bond donors (Lipinski definition) is 3. The van der Waals surface area contributed by atoms with Gasteiger partial charge in [0.25, 0.3) is 0 Å². The van der Waals surface area contributed by atoms with Gasteiger partial charge < -0.3 is 19.8 Å². The number of likely N-dealkylation sites (N-methyl/N-ethyl adjacent to an activating group) is 1. The van der Waals surface area contributed by atoms with Crippen LogP contribution in [0.1, 0.15) is 219 Å². The van der Waals surface area contributed by atoms with Gasteiger partial charge in [0.2, 0.25) is 5.91 Å². The predicted octanol–water partition coefficient (Wildman–Crippen LogP) is 16.1. The van der Waals surface area contributed by atoms with Crippen LogP contribution in [0.2, 0.25) is 0 Å². The number of amides is 1. The lowest BCUT2D eigenvalue weighted by Crippen LogP contribution is -2.45. The lowest BCUT2D eigenvalue weighted by Gasteiger charge is -2.25. The van der Waals surface area contributed by atoms with Crippen molar-refractivity contribution in [3.63, 3.8) is 0 Å². The average molecular weight is 944 g/mol. The minimum Gasteiger partial charge on any atom is -0.387 e. The van der Waals surface area contributed by atoms with Gasteiger partial charge in [-0.3, -0.25) is 13.8 Å². The minimum absolute atomic E-state index is 0.0357. The Morgan fingerprint density at radius 1 is 0.530 bits per heavy atom. The van der Waals surface area contributed by atoms with E-state index >= 15 is 0 Å². The summed E-state index contributed by atoms with van der Waals surface area (Å²) in [4.78, 5) is 23.1. The van der Waals surface area contributed by atoms with Gasteiger partial charge in [0, 0.05) is 6.42 Å². The number of rotatable bonds is 48. The zero-order chi connectivity index (χ0) is 48.5. The maximum atomic E-state index is 12.8. The van der Waals surface area contributed by atoms with Crippen LogP contribution in [-0.2, 0) is 18.4 Å². The molecule has 0 aromatic rings. The van der Waals surface area contributed by atoms with Crippen LogP contribution >= 0.6 is 7.82 Å². The molecule has 0 aliphatic rings. The summed E-state index contributed by atoms with van der Waals surface area (Å²) in [5, 5.41) is 13.8. The van der Waals surface area contributed by atoms with Crippen molar-refractivity contribution in [3.05, 3.63) is 85.1 Å². The van der Waals surface area contributed by atoms with Gasteiger partial charge in [-0.15, -0.1) is 0 Å². The number of carbonyl (C=O) groups is 1. The molecule has 0 aromatic heterocycles. The Bertz CT molecular complexity index is 1350. The molecule has 3 unspecified atom stereocenters. The Balaban J connectivity index is 4.30. The Labute approximate surface area is 407 Å². The van der Waals surface area contributed by atoms with Gasteiger partial charge in [0.05, 0.1) is 39.9 Å². The van der Waals surface area contributed by atoms with Crippen LogP contribution in [0.3, 0.4) is 0 Å². The summed E-state index contributed by atoms with van der Waals surface area (Å²) >= 11 is 0. The monoisotopic (exact) mass is 944 g/mol. The van der Waals surface area contributed by atoms with Gasteiger partial charge in [-0.25, -0.2) is 4.57 Å². The van der Waals surface area contributed by atoms with E-state index in [1.807, 2.05) is 33.3 Å². The summed E-state index contributed by atoms with van der Waals surface area (Å²) in [6.07, 6.45) is 67.3. The number of quaternary nitrogens is 1. The normalized spacial score (nSPS) is 14.7. The first kappa shape index (κ1) is 63.7. The maximum Gasteiger partial charge on any atom is 0.472 e. The molecule has 66 heavy (non-hydrogen) atoms. The van der Waals surface area contributed by atoms with E-state index in [1.54, 1.807) is 12.2 Å². The van der Waals surface area contributed by atoms with Crippen molar-refractivity contribution < 1.29 is 32.9 Å². The molecule has 0 saturated heterocycles. The molecule has 3 atom stereocenters. The molecule has 1 amide bonds. The molecule has 9 heteroatoms. The van der Waals surface area contributed by atoms with E-state index in [2.05, 4.69) is 79.9 Å². The van der Waals surface area contributed by atoms with E-state index in [0.29, 0.717) is 17.4 Å². The molecule has 0 radical (unpaired) electrons. The van der Waals surface area contributed by atoms with Crippen LogP contribution in [0.5, 0.6) is 0 Å². The largest absolute Gasteiger partial charge is 0.472 e.